The van der Waals surface area contributed by atoms with Crippen LogP contribution in [0.3, 0.4) is 0 Å². The van der Waals surface area contributed by atoms with Crippen molar-refractivity contribution in [1.29, 1.82) is 0 Å². The molecule has 25 heavy (non-hydrogen) atoms. The highest BCUT2D eigenvalue weighted by molar-refractivity contribution is 5.77. The van der Waals surface area contributed by atoms with Crippen molar-refractivity contribution in [2.24, 2.45) is 11.8 Å². The molecule has 4 N–H and O–H groups in total. The predicted octanol–water partition coefficient (Wildman–Crippen LogP) is 2.15. The van der Waals surface area contributed by atoms with Crippen LogP contribution in [0.2, 0.25) is 0 Å². The second kappa shape index (κ2) is 7.46. The minimum atomic E-state index is 0.0842. The van der Waals surface area contributed by atoms with Crippen LogP contribution in [0.25, 0.3) is 5.57 Å². The van der Waals surface area contributed by atoms with Gasteiger partial charge in [0.15, 0.2) is 0 Å². The average molecular weight is 337 g/mol. The topological polar surface area (TPSA) is 56.3 Å². The van der Waals surface area contributed by atoms with Gasteiger partial charge in [0.1, 0.15) is 0 Å². The van der Waals surface area contributed by atoms with Gasteiger partial charge in [0.05, 0.1) is 6.61 Å². The van der Waals surface area contributed by atoms with Crippen LogP contribution >= 0.6 is 0 Å². The first-order valence-electron chi connectivity index (χ1n) is 9.34. The zero-order chi connectivity index (χ0) is 17.1. The van der Waals surface area contributed by atoms with Gasteiger partial charge < -0.3 is 21.1 Å². The quantitative estimate of drug-likeness (QED) is 0.680. The summed E-state index contributed by atoms with van der Waals surface area (Å²) in [6.45, 7) is 3.25. The molecule has 0 aromatic heterocycles. The molecule has 0 spiro atoms. The Bertz CT molecular complexity index is 701. The number of nitrogens with one attached hydrogen (secondary N) is 3. The number of piperidine rings is 1. The second-order valence-electron chi connectivity index (χ2n) is 7.20. The van der Waals surface area contributed by atoms with Gasteiger partial charge in [0, 0.05) is 30.1 Å². The van der Waals surface area contributed by atoms with Gasteiger partial charge in [-0.15, -0.1) is 0 Å². The number of benzene rings is 1. The normalized spacial score (nSPS) is 26.3. The monoisotopic (exact) mass is 337 g/mol. The van der Waals surface area contributed by atoms with Crippen molar-refractivity contribution in [2.45, 2.75) is 25.5 Å². The van der Waals surface area contributed by atoms with Crippen molar-refractivity contribution in [3.05, 3.63) is 65.5 Å². The van der Waals surface area contributed by atoms with Gasteiger partial charge in [-0.1, -0.05) is 30.4 Å². The Balaban J connectivity index is 1.64. The van der Waals surface area contributed by atoms with E-state index < -0.39 is 0 Å². The largest absolute Gasteiger partial charge is 0.392 e. The first-order valence-corrected chi connectivity index (χ1v) is 9.34. The smallest absolute Gasteiger partial charge is 0.0682 e. The molecule has 3 aliphatic rings. The summed E-state index contributed by atoms with van der Waals surface area (Å²) in [7, 11) is 0. The Morgan fingerprint density at radius 2 is 2.08 bits per heavy atom. The van der Waals surface area contributed by atoms with E-state index in [1.54, 1.807) is 0 Å². The van der Waals surface area contributed by atoms with Crippen molar-refractivity contribution < 1.29 is 5.11 Å². The van der Waals surface area contributed by atoms with Crippen LogP contribution in [0.5, 0.6) is 0 Å². The molecule has 2 heterocycles. The van der Waals surface area contributed by atoms with E-state index in [0.717, 1.165) is 25.2 Å². The molecule has 2 atom stereocenters. The van der Waals surface area contributed by atoms with E-state index in [9.17, 15) is 5.11 Å². The molecule has 0 bridgehead atoms. The van der Waals surface area contributed by atoms with Gasteiger partial charge in [0.2, 0.25) is 0 Å². The number of allylic oxidation sites excluding steroid dienone is 4. The predicted molar refractivity (Wildman–Crippen MR) is 102 cm³/mol. The molecular weight excluding hydrogens is 310 g/mol. The van der Waals surface area contributed by atoms with Crippen molar-refractivity contribution in [3.63, 3.8) is 0 Å². The highest BCUT2D eigenvalue weighted by Crippen LogP contribution is 2.35. The highest BCUT2D eigenvalue weighted by Gasteiger charge is 2.29. The molecule has 1 fully saturated rings. The van der Waals surface area contributed by atoms with Crippen molar-refractivity contribution in [3.8, 4) is 0 Å². The first-order chi connectivity index (χ1) is 12.3. The Morgan fingerprint density at radius 3 is 2.92 bits per heavy atom. The third-order valence-corrected chi connectivity index (χ3v) is 5.47. The lowest BCUT2D eigenvalue weighted by atomic mass is 9.79. The second-order valence-corrected chi connectivity index (χ2v) is 7.20. The summed E-state index contributed by atoms with van der Waals surface area (Å²) in [5, 5.41) is 20.1. The molecule has 1 aromatic carbocycles. The van der Waals surface area contributed by atoms with E-state index in [0.29, 0.717) is 17.9 Å². The average Bonchev–Trinajstić information content (AvgIpc) is 2.69. The molecule has 0 radical (unpaired) electrons. The summed E-state index contributed by atoms with van der Waals surface area (Å²) < 4.78 is 0. The lowest BCUT2D eigenvalue weighted by Crippen LogP contribution is -2.44. The van der Waals surface area contributed by atoms with Crippen LogP contribution in [0.4, 0.5) is 0 Å². The number of rotatable bonds is 4. The standard InChI is InChI=1S/C21H27N3O/c25-14-15-2-1-3-16(10-15)18-11-17-4-7-23-13-20(17)21(12-18)24-19-5-8-22-9-6-19/h1-4,7,10-12,17,19-20,22-25H,5-6,8-9,13-14H2. The van der Waals surface area contributed by atoms with Gasteiger partial charge in [-0.2, -0.15) is 0 Å². The van der Waals surface area contributed by atoms with Crippen LogP contribution in [0.15, 0.2) is 54.4 Å². The molecule has 1 aromatic rings. The Labute approximate surface area is 149 Å². The molecule has 1 aliphatic carbocycles. The maximum Gasteiger partial charge on any atom is 0.0682 e. The summed E-state index contributed by atoms with van der Waals surface area (Å²) in [6.07, 6.45) is 11.4. The van der Waals surface area contributed by atoms with Crippen molar-refractivity contribution >= 4 is 5.57 Å². The number of aliphatic hydroxyl groups excluding tert-OH is 1. The van der Waals surface area contributed by atoms with Crippen LogP contribution in [0.1, 0.15) is 24.0 Å². The molecule has 0 saturated carbocycles. The Kier molecular flexibility index (Phi) is 4.90. The molecule has 0 amide bonds. The summed E-state index contributed by atoms with van der Waals surface area (Å²) in [5.41, 5.74) is 4.74. The van der Waals surface area contributed by atoms with E-state index in [1.807, 2.05) is 12.1 Å². The fourth-order valence-corrected chi connectivity index (χ4v) is 4.04. The molecule has 4 heteroatoms. The minimum absolute atomic E-state index is 0.0842. The van der Waals surface area contributed by atoms with Gasteiger partial charge in [-0.3, -0.25) is 0 Å². The zero-order valence-electron chi connectivity index (χ0n) is 14.5. The van der Waals surface area contributed by atoms with Gasteiger partial charge in [-0.05, 0) is 61.0 Å². The van der Waals surface area contributed by atoms with Gasteiger partial charge in [-0.25, -0.2) is 0 Å². The number of hydrogen-bond acceptors (Lipinski definition) is 4. The van der Waals surface area contributed by atoms with E-state index in [-0.39, 0.29) is 6.61 Å². The lowest BCUT2D eigenvalue weighted by Gasteiger charge is -2.36. The summed E-state index contributed by atoms with van der Waals surface area (Å²) >= 11 is 0. The maximum absolute atomic E-state index is 9.44. The summed E-state index contributed by atoms with van der Waals surface area (Å²) in [6, 6.07) is 8.78. The van der Waals surface area contributed by atoms with Crippen molar-refractivity contribution in [1.82, 2.24) is 16.0 Å². The Morgan fingerprint density at radius 1 is 1.20 bits per heavy atom. The van der Waals surface area contributed by atoms with Crippen LogP contribution in [-0.4, -0.2) is 30.8 Å². The molecule has 1 saturated heterocycles. The molecule has 4 nitrogen and oxygen atoms in total. The summed E-state index contributed by atoms with van der Waals surface area (Å²) in [5.74, 6) is 0.896. The van der Waals surface area contributed by atoms with E-state index in [2.05, 4.69) is 52.5 Å². The molecule has 2 unspecified atom stereocenters. The van der Waals surface area contributed by atoms with Crippen molar-refractivity contribution in [2.75, 3.05) is 19.6 Å². The minimum Gasteiger partial charge on any atom is -0.392 e. The van der Waals surface area contributed by atoms with E-state index >= 15 is 0 Å². The van der Waals surface area contributed by atoms with E-state index in [4.69, 9.17) is 0 Å². The van der Waals surface area contributed by atoms with Gasteiger partial charge >= 0.3 is 0 Å². The fourth-order valence-electron chi connectivity index (χ4n) is 4.04. The Hall–Kier alpha value is -2.04. The molecule has 4 rings (SSSR count). The highest BCUT2D eigenvalue weighted by atomic mass is 16.3. The third kappa shape index (κ3) is 3.65. The van der Waals surface area contributed by atoms with E-state index in [1.165, 1.54) is 29.7 Å². The van der Waals surface area contributed by atoms with Gasteiger partial charge in [0.25, 0.3) is 0 Å². The summed E-state index contributed by atoms with van der Waals surface area (Å²) in [4.78, 5) is 0. The zero-order valence-corrected chi connectivity index (χ0v) is 14.5. The van der Waals surface area contributed by atoms with Crippen LogP contribution < -0.4 is 16.0 Å². The lowest BCUT2D eigenvalue weighted by molar-refractivity contribution is 0.282. The third-order valence-electron chi connectivity index (χ3n) is 5.47. The molecule has 2 aliphatic heterocycles. The van der Waals surface area contributed by atoms with Crippen LogP contribution in [0, 0.1) is 11.8 Å². The fraction of sp³-hybridized carbons (Fsp3) is 0.429. The van der Waals surface area contributed by atoms with Crippen LogP contribution in [-0.2, 0) is 6.61 Å². The number of aliphatic hydroxyl groups is 1. The SMILES string of the molecule is OCc1cccc(C2=CC3C=CNCC3C(NC3CCNCC3)=C2)c1. The maximum atomic E-state index is 9.44. The first kappa shape index (κ1) is 16.4. The number of fused-ring (bicyclic) bond motifs is 1. The molecular formula is C21H27N3O. The molecule has 132 valence electrons. The number of hydrogen-bond donors (Lipinski definition) is 4.